The first-order chi connectivity index (χ1) is 10.2. The van der Waals surface area contributed by atoms with Crippen LogP contribution in [-0.2, 0) is 0 Å². The molecule has 0 atom stereocenters. The largest absolute Gasteiger partial charge is 0.478 e. The number of rotatable bonds is 3. The van der Waals surface area contributed by atoms with E-state index in [1.165, 1.54) is 18.3 Å². The first-order valence-corrected chi connectivity index (χ1v) is 6.20. The van der Waals surface area contributed by atoms with Gasteiger partial charge in [0, 0.05) is 17.0 Å². The predicted octanol–water partition coefficient (Wildman–Crippen LogP) is 3.86. The predicted molar refractivity (Wildman–Crippen MR) is 75.2 cm³/mol. The van der Waals surface area contributed by atoms with E-state index in [-0.39, 0.29) is 17.2 Å². The highest BCUT2D eigenvalue weighted by Crippen LogP contribution is 2.30. The Morgan fingerprint density at radius 2 is 1.71 bits per heavy atom. The molecule has 0 unspecified atom stereocenters. The third-order valence-electron chi connectivity index (χ3n) is 3.03. The van der Waals surface area contributed by atoms with Crippen LogP contribution >= 0.6 is 0 Å². The van der Waals surface area contributed by atoms with E-state index in [4.69, 9.17) is 9.84 Å². The number of hydrogen-bond acceptors (Lipinski definition) is 3. The van der Waals surface area contributed by atoms with Gasteiger partial charge in [-0.05, 0) is 18.2 Å². The topological polar surface area (TPSA) is 59.4 Å². The fourth-order valence-corrected chi connectivity index (χ4v) is 2.05. The Bertz CT molecular complexity index is 833. The maximum absolute atomic E-state index is 13.6. The number of carboxylic acid groups (broad SMARTS) is 1. The minimum atomic E-state index is -1.07. The standard InChI is InChI=1S/C16H10FNO3/c17-13-7-3-4-8-14(13)21-15-11-6-2-1-5-10(11)12(9-18-15)16(19)20/h1-9H,(H,19,20). The van der Waals surface area contributed by atoms with Crippen LogP contribution in [0.1, 0.15) is 10.4 Å². The molecule has 0 aliphatic heterocycles. The number of ether oxygens (including phenoxy) is 1. The van der Waals surface area contributed by atoms with Crippen LogP contribution in [0.4, 0.5) is 4.39 Å². The highest BCUT2D eigenvalue weighted by atomic mass is 19.1. The number of para-hydroxylation sites is 1. The summed E-state index contributed by atoms with van der Waals surface area (Å²) in [5.74, 6) is -1.37. The van der Waals surface area contributed by atoms with E-state index in [2.05, 4.69) is 4.98 Å². The zero-order chi connectivity index (χ0) is 14.8. The van der Waals surface area contributed by atoms with Crippen molar-refractivity contribution < 1.29 is 19.0 Å². The molecule has 5 heteroatoms. The van der Waals surface area contributed by atoms with E-state index in [1.807, 2.05) is 0 Å². The molecular weight excluding hydrogens is 273 g/mol. The Kier molecular flexibility index (Phi) is 3.23. The molecule has 2 aromatic carbocycles. The van der Waals surface area contributed by atoms with Gasteiger partial charge in [0.1, 0.15) is 0 Å². The minimum Gasteiger partial charge on any atom is -0.478 e. The number of nitrogens with zero attached hydrogens (tertiary/aromatic N) is 1. The van der Waals surface area contributed by atoms with Crippen molar-refractivity contribution in [1.82, 2.24) is 4.98 Å². The lowest BCUT2D eigenvalue weighted by Crippen LogP contribution is -2.00. The smallest absolute Gasteiger partial charge is 0.337 e. The Hall–Kier alpha value is -2.95. The van der Waals surface area contributed by atoms with Crippen LogP contribution in [0, 0.1) is 5.82 Å². The van der Waals surface area contributed by atoms with E-state index in [0.717, 1.165) is 0 Å². The Labute approximate surface area is 119 Å². The number of fused-ring (bicyclic) bond motifs is 1. The Balaban J connectivity index is 2.14. The van der Waals surface area contributed by atoms with Crippen molar-refractivity contribution in [2.24, 2.45) is 0 Å². The van der Waals surface area contributed by atoms with E-state index >= 15 is 0 Å². The summed E-state index contributed by atoms with van der Waals surface area (Å²) in [4.78, 5) is 15.2. The SMILES string of the molecule is O=C(O)c1cnc(Oc2ccccc2F)c2ccccc12. The van der Waals surface area contributed by atoms with Crippen LogP contribution in [0.25, 0.3) is 10.8 Å². The van der Waals surface area contributed by atoms with Gasteiger partial charge >= 0.3 is 5.97 Å². The average Bonchev–Trinajstić information content (AvgIpc) is 2.49. The number of benzene rings is 2. The van der Waals surface area contributed by atoms with Gasteiger partial charge in [0.2, 0.25) is 5.88 Å². The summed E-state index contributed by atoms with van der Waals surface area (Å²) in [7, 11) is 0. The molecule has 3 rings (SSSR count). The van der Waals surface area contributed by atoms with Crippen LogP contribution in [0.15, 0.2) is 54.7 Å². The zero-order valence-electron chi connectivity index (χ0n) is 10.8. The Morgan fingerprint density at radius 1 is 1.05 bits per heavy atom. The first-order valence-electron chi connectivity index (χ1n) is 6.20. The summed E-state index contributed by atoms with van der Waals surface area (Å²) >= 11 is 0. The maximum Gasteiger partial charge on any atom is 0.337 e. The molecule has 0 aliphatic rings. The zero-order valence-corrected chi connectivity index (χ0v) is 10.8. The van der Waals surface area contributed by atoms with E-state index < -0.39 is 11.8 Å². The van der Waals surface area contributed by atoms with Crippen LogP contribution in [0.5, 0.6) is 11.6 Å². The summed E-state index contributed by atoms with van der Waals surface area (Å²) in [6.45, 7) is 0. The number of pyridine rings is 1. The summed E-state index contributed by atoms with van der Waals surface area (Å²) in [6.07, 6.45) is 1.21. The third kappa shape index (κ3) is 2.41. The van der Waals surface area contributed by atoms with E-state index in [1.54, 1.807) is 36.4 Å². The molecule has 4 nitrogen and oxygen atoms in total. The summed E-state index contributed by atoms with van der Waals surface area (Å²) in [5, 5.41) is 10.2. The molecule has 0 amide bonds. The second-order valence-corrected chi connectivity index (χ2v) is 4.36. The summed E-state index contributed by atoms with van der Waals surface area (Å²) in [6, 6.07) is 12.8. The second-order valence-electron chi connectivity index (χ2n) is 4.36. The third-order valence-corrected chi connectivity index (χ3v) is 3.03. The number of hydrogen-bond donors (Lipinski definition) is 1. The van der Waals surface area contributed by atoms with E-state index in [0.29, 0.717) is 10.8 Å². The van der Waals surface area contributed by atoms with Crippen LogP contribution in [-0.4, -0.2) is 16.1 Å². The van der Waals surface area contributed by atoms with Gasteiger partial charge in [0.05, 0.1) is 5.56 Å². The molecule has 1 aromatic heterocycles. The molecule has 1 N–H and O–H groups in total. The van der Waals surface area contributed by atoms with E-state index in [9.17, 15) is 9.18 Å². The monoisotopic (exact) mass is 283 g/mol. The molecule has 0 saturated carbocycles. The van der Waals surface area contributed by atoms with Crippen molar-refractivity contribution in [3.05, 3.63) is 66.1 Å². The molecule has 0 aliphatic carbocycles. The molecule has 0 fully saturated rings. The molecule has 0 spiro atoms. The fourth-order valence-electron chi connectivity index (χ4n) is 2.05. The molecular formula is C16H10FNO3. The van der Waals surface area contributed by atoms with Crippen LogP contribution in [0.2, 0.25) is 0 Å². The lowest BCUT2D eigenvalue weighted by Gasteiger charge is -2.10. The molecule has 21 heavy (non-hydrogen) atoms. The lowest BCUT2D eigenvalue weighted by atomic mass is 10.1. The normalized spacial score (nSPS) is 10.5. The minimum absolute atomic E-state index is 0.0400. The van der Waals surface area contributed by atoms with Crippen molar-refractivity contribution in [2.45, 2.75) is 0 Å². The molecule has 104 valence electrons. The van der Waals surface area contributed by atoms with Gasteiger partial charge in [-0.25, -0.2) is 14.2 Å². The quantitative estimate of drug-likeness (QED) is 0.792. The number of carboxylic acids is 1. The number of halogens is 1. The molecule has 0 bridgehead atoms. The first kappa shape index (κ1) is 13.1. The average molecular weight is 283 g/mol. The lowest BCUT2D eigenvalue weighted by molar-refractivity contribution is 0.0698. The fraction of sp³-hybridized carbons (Fsp3) is 0. The molecule has 0 radical (unpaired) electrons. The van der Waals surface area contributed by atoms with Crippen molar-refractivity contribution in [3.8, 4) is 11.6 Å². The molecule has 0 saturated heterocycles. The number of aromatic nitrogens is 1. The maximum atomic E-state index is 13.6. The summed E-state index contributed by atoms with van der Waals surface area (Å²) in [5.41, 5.74) is 0.0754. The van der Waals surface area contributed by atoms with Gasteiger partial charge in [-0.1, -0.05) is 30.3 Å². The van der Waals surface area contributed by atoms with Crippen molar-refractivity contribution >= 4 is 16.7 Å². The molecule has 3 aromatic rings. The second kappa shape index (κ2) is 5.20. The van der Waals surface area contributed by atoms with Gasteiger partial charge in [0.15, 0.2) is 11.6 Å². The van der Waals surface area contributed by atoms with Crippen molar-refractivity contribution in [2.75, 3.05) is 0 Å². The number of carbonyl (C=O) groups is 1. The van der Waals surface area contributed by atoms with Gasteiger partial charge in [-0.3, -0.25) is 0 Å². The van der Waals surface area contributed by atoms with Gasteiger partial charge in [-0.2, -0.15) is 0 Å². The van der Waals surface area contributed by atoms with Crippen LogP contribution < -0.4 is 4.74 Å². The summed E-state index contributed by atoms with van der Waals surface area (Å²) < 4.78 is 19.1. The van der Waals surface area contributed by atoms with Gasteiger partial charge in [0.25, 0.3) is 0 Å². The van der Waals surface area contributed by atoms with Gasteiger partial charge in [-0.15, -0.1) is 0 Å². The number of aromatic carboxylic acids is 1. The highest BCUT2D eigenvalue weighted by Gasteiger charge is 2.14. The van der Waals surface area contributed by atoms with Gasteiger partial charge < -0.3 is 9.84 Å². The highest BCUT2D eigenvalue weighted by molar-refractivity contribution is 6.04. The molecule has 1 heterocycles. The van der Waals surface area contributed by atoms with Crippen LogP contribution in [0.3, 0.4) is 0 Å². The Morgan fingerprint density at radius 3 is 2.43 bits per heavy atom. The van der Waals surface area contributed by atoms with Crippen molar-refractivity contribution in [3.63, 3.8) is 0 Å². The van der Waals surface area contributed by atoms with Crippen molar-refractivity contribution in [1.29, 1.82) is 0 Å².